The molecule has 0 bridgehead atoms. The molecule has 1 unspecified atom stereocenters. The van der Waals surface area contributed by atoms with E-state index in [0.29, 0.717) is 17.4 Å². The largest absolute Gasteiger partial charge is 0.486 e. The van der Waals surface area contributed by atoms with Crippen LogP contribution in [0.15, 0.2) is 30.5 Å². The Morgan fingerprint density at radius 3 is 2.63 bits per heavy atom. The van der Waals surface area contributed by atoms with E-state index in [2.05, 4.69) is 5.10 Å². The lowest BCUT2D eigenvalue weighted by Gasteiger charge is -2.28. The second-order valence-corrected chi connectivity index (χ2v) is 7.06. The zero-order valence-electron chi connectivity index (χ0n) is 15.4. The smallest absolute Gasteiger partial charge is 0.435 e. The summed E-state index contributed by atoms with van der Waals surface area (Å²) in [5.74, 6) is 0.920. The zero-order valence-corrected chi connectivity index (χ0v) is 15.4. The second-order valence-electron chi connectivity index (χ2n) is 7.06. The Morgan fingerprint density at radius 2 is 2.07 bits per heavy atom. The molecule has 0 radical (unpaired) electrons. The Balaban J connectivity index is 1.84. The Morgan fingerprint density at radius 1 is 1.33 bits per heavy atom. The van der Waals surface area contributed by atoms with Crippen molar-refractivity contribution in [2.24, 2.45) is 5.92 Å². The van der Waals surface area contributed by atoms with E-state index in [4.69, 9.17) is 4.74 Å². The molecule has 0 saturated heterocycles. The maximum atomic E-state index is 12.8. The van der Waals surface area contributed by atoms with E-state index >= 15 is 0 Å². The molecule has 1 atom stereocenters. The lowest BCUT2D eigenvalue weighted by molar-refractivity contribution is -0.141. The van der Waals surface area contributed by atoms with Gasteiger partial charge >= 0.3 is 6.18 Å². The number of Topliss-reactive ketones (excluding diaryl/α,β-unsaturated/α-hetero) is 1. The summed E-state index contributed by atoms with van der Waals surface area (Å²) in [6, 6.07) is 6.17. The van der Waals surface area contributed by atoms with Crippen molar-refractivity contribution in [3.05, 3.63) is 41.7 Å². The first kappa shape index (κ1) is 19.5. The van der Waals surface area contributed by atoms with Crippen molar-refractivity contribution in [2.45, 2.75) is 51.6 Å². The fourth-order valence-electron chi connectivity index (χ4n) is 2.99. The number of alkyl halides is 3. The molecule has 1 aromatic carbocycles. The van der Waals surface area contributed by atoms with Gasteiger partial charge in [0.1, 0.15) is 12.4 Å². The van der Waals surface area contributed by atoms with E-state index in [1.807, 2.05) is 19.9 Å². The minimum Gasteiger partial charge on any atom is -0.486 e. The summed E-state index contributed by atoms with van der Waals surface area (Å²) in [4.78, 5) is 12.1. The molecule has 3 rings (SSSR count). The number of hydrogen-bond donors (Lipinski definition) is 0. The van der Waals surface area contributed by atoms with E-state index < -0.39 is 11.9 Å². The van der Waals surface area contributed by atoms with Gasteiger partial charge < -0.3 is 4.74 Å². The van der Waals surface area contributed by atoms with Gasteiger partial charge in [-0.3, -0.25) is 4.79 Å². The van der Waals surface area contributed by atoms with Crippen molar-refractivity contribution in [1.29, 1.82) is 0 Å². The van der Waals surface area contributed by atoms with Crippen LogP contribution >= 0.6 is 0 Å². The minimum absolute atomic E-state index is 0.00800. The highest BCUT2D eigenvalue weighted by Gasteiger charge is 2.33. The molecular weight excluding hydrogens is 357 g/mol. The lowest BCUT2D eigenvalue weighted by Crippen LogP contribution is -2.20. The molecule has 1 aromatic heterocycles. The quantitative estimate of drug-likeness (QED) is 0.667. The van der Waals surface area contributed by atoms with Crippen molar-refractivity contribution >= 4 is 5.78 Å². The molecular formula is C20H23F3N2O2. The van der Waals surface area contributed by atoms with Crippen LogP contribution in [0.3, 0.4) is 0 Å². The fraction of sp³-hybridized carbons (Fsp3) is 0.500. The third-order valence-electron chi connectivity index (χ3n) is 5.21. The minimum atomic E-state index is -4.47. The highest BCUT2D eigenvalue weighted by Crippen LogP contribution is 2.41. The molecule has 4 nitrogen and oxygen atoms in total. The van der Waals surface area contributed by atoms with Crippen molar-refractivity contribution in [3.8, 4) is 11.4 Å². The van der Waals surface area contributed by atoms with Crippen LogP contribution < -0.4 is 4.74 Å². The molecule has 0 amide bonds. The summed E-state index contributed by atoms with van der Waals surface area (Å²) in [5, 5.41) is 3.63. The number of ether oxygens (including phenoxy) is 1. The van der Waals surface area contributed by atoms with Crippen LogP contribution in [0.2, 0.25) is 0 Å². The second kappa shape index (κ2) is 7.74. The van der Waals surface area contributed by atoms with Gasteiger partial charge in [0, 0.05) is 12.1 Å². The van der Waals surface area contributed by atoms with Crippen LogP contribution in [-0.4, -0.2) is 22.2 Å². The van der Waals surface area contributed by atoms with Crippen LogP contribution in [0.4, 0.5) is 13.2 Å². The third-order valence-corrected chi connectivity index (χ3v) is 5.21. The van der Waals surface area contributed by atoms with E-state index in [0.717, 1.165) is 37.3 Å². The number of nitrogens with zero attached hydrogens (tertiary/aromatic N) is 2. The lowest BCUT2D eigenvalue weighted by atomic mass is 9.79. The average molecular weight is 380 g/mol. The van der Waals surface area contributed by atoms with Gasteiger partial charge in [0.05, 0.1) is 5.69 Å². The first-order valence-electron chi connectivity index (χ1n) is 9.22. The number of carbonyl (C=O) groups excluding carboxylic acids is 1. The average Bonchev–Trinajstić information content (AvgIpc) is 3.08. The van der Waals surface area contributed by atoms with Crippen molar-refractivity contribution in [1.82, 2.24) is 9.78 Å². The molecule has 1 aliphatic rings. The number of aromatic nitrogens is 2. The first-order valence-corrected chi connectivity index (χ1v) is 9.22. The van der Waals surface area contributed by atoms with Crippen molar-refractivity contribution in [2.75, 3.05) is 6.61 Å². The van der Waals surface area contributed by atoms with Gasteiger partial charge in [0.15, 0.2) is 11.5 Å². The van der Waals surface area contributed by atoms with Crippen molar-refractivity contribution < 1.29 is 22.7 Å². The van der Waals surface area contributed by atoms with Crippen molar-refractivity contribution in [3.63, 3.8) is 0 Å². The zero-order chi connectivity index (χ0) is 19.6. The van der Waals surface area contributed by atoms with E-state index in [-0.39, 0.29) is 18.3 Å². The van der Waals surface area contributed by atoms with Gasteiger partial charge in [-0.2, -0.15) is 18.3 Å². The van der Waals surface area contributed by atoms with E-state index in [1.54, 1.807) is 12.1 Å². The number of hydrogen-bond acceptors (Lipinski definition) is 3. The topological polar surface area (TPSA) is 44.1 Å². The van der Waals surface area contributed by atoms with Gasteiger partial charge in [0.2, 0.25) is 0 Å². The van der Waals surface area contributed by atoms with E-state index in [1.165, 1.54) is 10.9 Å². The number of ketones is 1. The van der Waals surface area contributed by atoms with Gasteiger partial charge in [0.25, 0.3) is 0 Å². The summed E-state index contributed by atoms with van der Waals surface area (Å²) < 4.78 is 45.4. The predicted molar refractivity (Wildman–Crippen MR) is 95.1 cm³/mol. The first-order chi connectivity index (χ1) is 12.8. The van der Waals surface area contributed by atoms with E-state index in [9.17, 15) is 18.0 Å². The Bertz CT molecular complexity index is 810. The fourth-order valence-corrected chi connectivity index (χ4v) is 2.99. The molecule has 146 valence electrons. The predicted octanol–water partition coefficient (Wildman–Crippen LogP) is 5.15. The molecule has 0 aliphatic heterocycles. The maximum absolute atomic E-state index is 12.8. The van der Waals surface area contributed by atoms with Crippen LogP contribution in [0.1, 0.15) is 56.7 Å². The van der Waals surface area contributed by atoms with Crippen LogP contribution in [0, 0.1) is 5.92 Å². The molecule has 1 fully saturated rings. The van der Waals surface area contributed by atoms with Crippen LogP contribution in [0.5, 0.6) is 5.75 Å². The summed E-state index contributed by atoms with van der Waals surface area (Å²) >= 11 is 0. The maximum Gasteiger partial charge on any atom is 0.435 e. The molecule has 1 aliphatic carbocycles. The van der Waals surface area contributed by atoms with Gasteiger partial charge in [-0.05, 0) is 55.0 Å². The summed E-state index contributed by atoms with van der Waals surface area (Å²) in [5.41, 5.74) is 0.555. The monoisotopic (exact) mass is 380 g/mol. The summed E-state index contributed by atoms with van der Waals surface area (Å²) in [6.07, 6.45) is 0.715. The number of benzene rings is 1. The number of carbonyl (C=O) groups is 1. The van der Waals surface area contributed by atoms with Gasteiger partial charge in [-0.1, -0.05) is 20.3 Å². The summed E-state index contributed by atoms with van der Waals surface area (Å²) in [7, 11) is 0. The Hall–Kier alpha value is -2.31. The molecule has 0 spiro atoms. The standard InChI is InChI=1S/C20H23F3N2O2/c1-3-13(2)17(26)12-27-18-8-7-15(11-16(18)14-5-4-6-14)25-10-9-19(24-25)20(21,22)23/h7-11,13-14H,3-6,12H2,1-2H3. The molecule has 2 aromatic rings. The Labute approximate surface area is 156 Å². The highest BCUT2D eigenvalue weighted by atomic mass is 19.4. The number of rotatable bonds is 7. The molecule has 0 N–H and O–H groups in total. The third kappa shape index (κ3) is 4.34. The normalized spacial score (nSPS) is 16.0. The molecule has 7 heteroatoms. The number of halogens is 3. The highest BCUT2D eigenvalue weighted by molar-refractivity contribution is 5.82. The summed E-state index contributed by atoms with van der Waals surface area (Å²) in [6.45, 7) is 3.84. The van der Waals surface area contributed by atoms with Gasteiger partial charge in [-0.15, -0.1) is 0 Å². The Kier molecular flexibility index (Phi) is 5.58. The SMILES string of the molecule is CCC(C)C(=O)COc1ccc(-n2ccc(C(F)(F)F)n2)cc1C1CCC1. The molecule has 27 heavy (non-hydrogen) atoms. The van der Waals surface area contributed by atoms with Crippen LogP contribution in [-0.2, 0) is 11.0 Å². The molecule has 1 saturated carbocycles. The van der Waals surface area contributed by atoms with Gasteiger partial charge in [-0.25, -0.2) is 4.68 Å². The molecule has 1 heterocycles. The van der Waals surface area contributed by atoms with Crippen LogP contribution in [0.25, 0.3) is 5.69 Å².